The molecule has 0 saturated heterocycles. The van der Waals surface area contributed by atoms with Crippen molar-refractivity contribution in [2.24, 2.45) is 0 Å². The highest BCUT2D eigenvalue weighted by atomic mass is 15.2. The fourth-order valence-corrected chi connectivity index (χ4v) is 3.36. The van der Waals surface area contributed by atoms with Crippen molar-refractivity contribution in [3.63, 3.8) is 0 Å². The molecule has 0 aromatic heterocycles. The molecule has 2 aromatic rings. The average Bonchev–Trinajstić information content (AvgIpc) is 2.49. The molecule has 1 heterocycles. The van der Waals surface area contributed by atoms with Crippen LogP contribution in [0.4, 0.5) is 11.4 Å². The summed E-state index contributed by atoms with van der Waals surface area (Å²) in [6.45, 7) is 5.47. The number of hydrogen-bond acceptors (Lipinski definition) is 2. The number of rotatable bonds is 3. The molecule has 1 aliphatic heterocycles. The van der Waals surface area contributed by atoms with E-state index in [1.54, 1.807) is 0 Å². The molecular formula is C19H24N2. The monoisotopic (exact) mass is 280 g/mol. The lowest BCUT2D eigenvalue weighted by Gasteiger charge is -2.38. The van der Waals surface area contributed by atoms with Crippen molar-refractivity contribution >= 4 is 11.4 Å². The Bertz CT molecular complexity index is 633. The van der Waals surface area contributed by atoms with Gasteiger partial charge in [-0.05, 0) is 62.6 Å². The van der Waals surface area contributed by atoms with Crippen molar-refractivity contribution in [2.45, 2.75) is 39.3 Å². The number of aryl methyl sites for hydroxylation is 2. The van der Waals surface area contributed by atoms with Crippen LogP contribution in [0.5, 0.6) is 0 Å². The molecule has 3 rings (SSSR count). The maximum atomic E-state index is 3.22. The first kappa shape index (κ1) is 14.2. The Kier molecular flexibility index (Phi) is 3.98. The summed E-state index contributed by atoms with van der Waals surface area (Å²) in [5.74, 6) is 0. The van der Waals surface area contributed by atoms with Crippen molar-refractivity contribution in [2.75, 3.05) is 11.9 Å². The van der Waals surface area contributed by atoms with E-state index in [0.29, 0.717) is 6.04 Å². The number of nitrogens with one attached hydrogen (secondary N) is 1. The van der Waals surface area contributed by atoms with E-state index in [0.717, 1.165) is 6.54 Å². The first-order chi connectivity index (χ1) is 10.2. The van der Waals surface area contributed by atoms with E-state index in [2.05, 4.69) is 66.5 Å². The third-order valence-corrected chi connectivity index (χ3v) is 4.43. The maximum Gasteiger partial charge on any atom is 0.0445 e. The third-order valence-electron chi connectivity index (χ3n) is 4.43. The minimum atomic E-state index is 0.550. The molecule has 21 heavy (non-hydrogen) atoms. The fourth-order valence-electron chi connectivity index (χ4n) is 3.36. The van der Waals surface area contributed by atoms with Crippen molar-refractivity contribution in [1.82, 2.24) is 5.32 Å². The molecule has 1 atom stereocenters. The Labute approximate surface area is 127 Å². The van der Waals surface area contributed by atoms with Gasteiger partial charge in [-0.25, -0.2) is 0 Å². The van der Waals surface area contributed by atoms with Gasteiger partial charge in [0, 0.05) is 24.0 Å². The Hall–Kier alpha value is -1.80. The summed E-state index contributed by atoms with van der Waals surface area (Å²) in [6.07, 6.45) is 2.40. The van der Waals surface area contributed by atoms with E-state index in [-0.39, 0.29) is 0 Å². The first-order valence-electron chi connectivity index (χ1n) is 7.82. The molecule has 0 fully saturated rings. The zero-order valence-electron chi connectivity index (χ0n) is 13.2. The third kappa shape index (κ3) is 2.68. The molecule has 0 aliphatic carbocycles. The zero-order valence-corrected chi connectivity index (χ0v) is 13.2. The van der Waals surface area contributed by atoms with Gasteiger partial charge in [-0.15, -0.1) is 0 Å². The van der Waals surface area contributed by atoms with Gasteiger partial charge in [0.1, 0.15) is 0 Å². The van der Waals surface area contributed by atoms with Gasteiger partial charge in [0.05, 0.1) is 0 Å². The molecule has 0 spiro atoms. The van der Waals surface area contributed by atoms with Gasteiger partial charge in [0.15, 0.2) is 0 Å². The lowest BCUT2D eigenvalue weighted by Crippen LogP contribution is -2.33. The predicted molar refractivity (Wildman–Crippen MR) is 90.3 cm³/mol. The number of benzene rings is 2. The van der Waals surface area contributed by atoms with Crippen LogP contribution in [-0.4, -0.2) is 13.1 Å². The minimum absolute atomic E-state index is 0.550. The largest absolute Gasteiger partial charge is 0.338 e. The molecule has 0 bridgehead atoms. The molecule has 0 radical (unpaired) electrons. The van der Waals surface area contributed by atoms with Crippen LogP contribution in [0.3, 0.4) is 0 Å². The molecule has 1 N–H and O–H groups in total. The number of hydrogen-bond donors (Lipinski definition) is 1. The van der Waals surface area contributed by atoms with Gasteiger partial charge >= 0.3 is 0 Å². The molecule has 2 heteroatoms. The summed E-state index contributed by atoms with van der Waals surface area (Å²) in [7, 11) is 1.99. The topological polar surface area (TPSA) is 15.3 Å². The Morgan fingerprint density at radius 1 is 1.14 bits per heavy atom. The van der Waals surface area contributed by atoms with E-state index in [1.807, 2.05) is 7.05 Å². The second kappa shape index (κ2) is 5.90. The summed E-state index contributed by atoms with van der Waals surface area (Å²) < 4.78 is 0. The zero-order chi connectivity index (χ0) is 14.8. The van der Waals surface area contributed by atoms with Crippen LogP contribution in [0.15, 0.2) is 42.5 Å². The average molecular weight is 280 g/mol. The predicted octanol–water partition coefficient (Wildman–Crippen LogP) is 4.19. The van der Waals surface area contributed by atoms with Crippen molar-refractivity contribution in [1.29, 1.82) is 0 Å². The second-order valence-corrected chi connectivity index (χ2v) is 6.04. The van der Waals surface area contributed by atoms with Gasteiger partial charge < -0.3 is 10.2 Å². The maximum absolute atomic E-state index is 3.22. The number of nitrogens with zero attached hydrogens (tertiary/aromatic N) is 1. The van der Waals surface area contributed by atoms with E-state index in [4.69, 9.17) is 0 Å². The summed E-state index contributed by atoms with van der Waals surface area (Å²) >= 11 is 0. The molecule has 1 unspecified atom stereocenters. The molecular weight excluding hydrogens is 256 g/mol. The summed E-state index contributed by atoms with van der Waals surface area (Å²) in [5.41, 5.74) is 6.88. The van der Waals surface area contributed by atoms with Crippen LogP contribution >= 0.6 is 0 Å². The molecule has 110 valence electrons. The Morgan fingerprint density at radius 3 is 2.71 bits per heavy atom. The summed E-state index contributed by atoms with van der Waals surface area (Å²) in [5, 5.41) is 3.22. The Morgan fingerprint density at radius 2 is 1.95 bits per heavy atom. The number of anilines is 2. The number of para-hydroxylation sites is 1. The van der Waals surface area contributed by atoms with Crippen LogP contribution in [0.2, 0.25) is 0 Å². The number of fused-ring (bicyclic) bond motifs is 1. The quantitative estimate of drug-likeness (QED) is 0.907. The molecule has 2 nitrogen and oxygen atoms in total. The highest BCUT2D eigenvalue weighted by Gasteiger charge is 2.24. The summed E-state index contributed by atoms with van der Waals surface area (Å²) in [6, 6.07) is 16.2. The van der Waals surface area contributed by atoms with Gasteiger partial charge in [0.2, 0.25) is 0 Å². The van der Waals surface area contributed by atoms with E-state index in [9.17, 15) is 0 Å². The minimum Gasteiger partial charge on any atom is -0.338 e. The van der Waals surface area contributed by atoms with Crippen LogP contribution in [0.25, 0.3) is 0 Å². The fraction of sp³-hybridized carbons (Fsp3) is 0.368. The van der Waals surface area contributed by atoms with Gasteiger partial charge in [-0.2, -0.15) is 0 Å². The Balaban J connectivity index is 2.03. The SMILES string of the molecule is CNCc1ccc(N2c3ccccc3CCC2C)c(C)c1. The molecule has 0 amide bonds. The van der Waals surface area contributed by atoms with E-state index >= 15 is 0 Å². The van der Waals surface area contributed by atoms with Crippen LogP contribution in [0.1, 0.15) is 30.0 Å². The standard InChI is InChI=1S/C19H24N2/c1-14-12-16(13-20-3)9-11-18(14)21-15(2)8-10-17-6-4-5-7-19(17)21/h4-7,9,11-12,15,20H,8,10,13H2,1-3H3. The van der Waals surface area contributed by atoms with Crippen LogP contribution in [0, 0.1) is 6.92 Å². The van der Waals surface area contributed by atoms with Crippen LogP contribution < -0.4 is 10.2 Å². The highest BCUT2D eigenvalue weighted by Crippen LogP contribution is 2.38. The van der Waals surface area contributed by atoms with E-state index < -0.39 is 0 Å². The lowest BCUT2D eigenvalue weighted by molar-refractivity contribution is 0.617. The normalized spacial score (nSPS) is 17.7. The highest BCUT2D eigenvalue weighted by molar-refractivity contribution is 5.71. The molecule has 2 aromatic carbocycles. The van der Waals surface area contributed by atoms with Crippen molar-refractivity contribution < 1.29 is 0 Å². The molecule has 0 saturated carbocycles. The van der Waals surface area contributed by atoms with Gasteiger partial charge in [-0.3, -0.25) is 0 Å². The smallest absolute Gasteiger partial charge is 0.0445 e. The molecule has 1 aliphatic rings. The van der Waals surface area contributed by atoms with Crippen molar-refractivity contribution in [3.8, 4) is 0 Å². The lowest BCUT2D eigenvalue weighted by atomic mass is 9.95. The van der Waals surface area contributed by atoms with Crippen molar-refractivity contribution in [3.05, 3.63) is 59.2 Å². The van der Waals surface area contributed by atoms with Crippen LogP contribution in [-0.2, 0) is 13.0 Å². The van der Waals surface area contributed by atoms with Gasteiger partial charge in [-0.1, -0.05) is 30.3 Å². The summed E-state index contributed by atoms with van der Waals surface area (Å²) in [4.78, 5) is 2.51. The first-order valence-corrected chi connectivity index (χ1v) is 7.82. The second-order valence-electron chi connectivity index (χ2n) is 6.04. The van der Waals surface area contributed by atoms with Gasteiger partial charge in [0.25, 0.3) is 0 Å². The van der Waals surface area contributed by atoms with E-state index in [1.165, 1.54) is 40.9 Å².